The van der Waals surface area contributed by atoms with Gasteiger partial charge in [0.05, 0.1) is 34.8 Å². The van der Waals surface area contributed by atoms with Gasteiger partial charge >= 0.3 is 0 Å². The molecule has 0 bridgehead atoms. The minimum Gasteiger partial charge on any atom is -0.457 e. The highest BCUT2D eigenvalue weighted by Crippen LogP contribution is 2.28. The molecule has 1 amide bonds. The van der Waals surface area contributed by atoms with Crippen molar-refractivity contribution in [2.45, 2.75) is 13.8 Å². The number of fused-ring (bicyclic) bond motifs is 1. The molecule has 2 aromatic heterocycles. The van der Waals surface area contributed by atoms with Crippen molar-refractivity contribution in [2.24, 2.45) is 0 Å². The van der Waals surface area contributed by atoms with Crippen LogP contribution in [0.25, 0.3) is 16.6 Å². The maximum absolute atomic E-state index is 13.3. The molecule has 5 aromatic rings. The van der Waals surface area contributed by atoms with Crippen LogP contribution in [0.3, 0.4) is 0 Å². The Bertz CT molecular complexity index is 1740. The van der Waals surface area contributed by atoms with Crippen LogP contribution < -0.4 is 15.8 Å². The fraction of sp³-hybridized carbons (Fsp3) is 0.103. The SMILES string of the molecule is CCNC(=O)c1ccc2[nH]c(C(=O)c3cnn(-c4ccc(Oc5cccc(C#N)c5)cc4C)c3N)cc2c1. The van der Waals surface area contributed by atoms with Crippen molar-refractivity contribution in [1.82, 2.24) is 20.1 Å². The third-order valence-corrected chi connectivity index (χ3v) is 6.11. The topological polar surface area (TPSA) is 139 Å². The van der Waals surface area contributed by atoms with Crippen LogP contribution in [0.2, 0.25) is 0 Å². The zero-order valence-corrected chi connectivity index (χ0v) is 20.8. The van der Waals surface area contributed by atoms with Crippen LogP contribution in [0, 0.1) is 18.3 Å². The Kier molecular flexibility index (Phi) is 6.37. The molecular weight excluding hydrogens is 480 g/mol. The monoisotopic (exact) mass is 504 g/mol. The van der Waals surface area contributed by atoms with Crippen LogP contribution in [-0.4, -0.2) is 33.0 Å². The van der Waals surface area contributed by atoms with Gasteiger partial charge in [-0.3, -0.25) is 9.59 Å². The van der Waals surface area contributed by atoms with Crippen LogP contribution in [0.5, 0.6) is 11.5 Å². The number of amides is 1. The molecule has 0 aliphatic heterocycles. The molecule has 0 fully saturated rings. The molecule has 9 heteroatoms. The molecule has 3 aromatic carbocycles. The minimum absolute atomic E-state index is 0.170. The van der Waals surface area contributed by atoms with Gasteiger partial charge in [0.1, 0.15) is 17.3 Å². The summed E-state index contributed by atoms with van der Waals surface area (Å²) in [6, 6.07) is 21.3. The van der Waals surface area contributed by atoms with Gasteiger partial charge in [-0.25, -0.2) is 4.68 Å². The number of nitrogen functional groups attached to an aromatic ring is 1. The summed E-state index contributed by atoms with van der Waals surface area (Å²) >= 11 is 0. The van der Waals surface area contributed by atoms with E-state index >= 15 is 0 Å². The number of benzene rings is 3. The zero-order chi connectivity index (χ0) is 26.8. The number of carbonyl (C=O) groups is 2. The van der Waals surface area contributed by atoms with Gasteiger partial charge in [-0.05, 0) is 80.1 Å². The van der Waals surface area contributed by atoms with Gasteiger partial charge in [0.2, 0.25) is 5.78 Å². The number of rotatable bonds is 7. The molecule has 0 spiro atoms. The number of carbonyl (C=O) groups excluding carboxylic acids is 2. The average Bonchev–Trinajstić information content (AvgIpc) is 3.52. The van der Waals surface area contributed by atoms with Gasteiger partial charge < -0.3 is 20.8 Å². The predicted molar refractivity (Wildman–Crippen MR) is 144 cm³/mol. The average molecular weight is 505 g/mol. The van der Waals surface area contributed by atoms with E-state index < -0.39 is 0 Å². The summed E-state index contributed by atoms with van der Waals surface area (Å²) in [5, 5.41) is 17.0. The highest BCUT2D eigenvalue weighted by atomic mass is 16.5. The van der Waals surface area contributed by atoms with E-state index in [1.807, 2.05) is 26.0 Å². The van der Waals surface area contributed by atoms with Gasteiger partial charge in [-0.2, -0.15) is 10.4 Å². The van der Waals surface area contributed by atoms with E-state index in [1.54, 1.807) is 54.6 Å². The van der Waals surface area contributed by atoms with Crippen molar-refractivity contribution in [1.29, 1.82) is 5.26 Å². The lowest BCUT2D eigenvalue weighted by Gasteiger charge is -2.11. The Morgan fingerprint density at radius 1 is 1.11 bits per heavy atom. The maximum Gasteiger partial charge on any atom is 0.251 e. The van der Waals surface area contributed by atoms with Gasteiger partial charge in [-0.15, -0.1) is 0 Å². The number of ketones is 1. The van der Waals surface area contributed by atoms with Crippen LogP contribution >= 0.6 is 0 Å². The number of aromatic amines is 1. The zero-order valence-electron chi connectivity index (χ0n) is 20.8. The van der Waals surface area contributed by atoms with E-state index in [1.165, 1.54) is 10.9 Å². The van der Waals surface area contributed by atoms with E-state index in [4.69, 9.17) is 15.7 Å². The van der Waals surface area contributed by atoms with Crippen molar-refractivity contribution < 1.29 is 14.3 Å². The first-order valence-corrected chi connectivity index (χ1v) is 12.0. The van der Waals surface area contributed by atoms with Crippen molar-refractivity contribution in [3.8, 4) is 23.3 Å². The largest absolute Gasteiger partial charge is 0.457 e. The Morgan fingerprint density at radius 2 is 1.92 bits per heavy atom. The summed E-state index contributed by atoms with van der Waals surface area (Å²) < 4.78 is 7.41. The number of ether oxygens (including phenoxy) is 1. The molecule has 0 unspecified atom stereocenters. The third-order valence-electron chi connectivity index (χ3n) is 6.11. The summed E-state index contributed by atoms with van der Waals surface area (Å²) in [7, 11) is 0. The Balaban J connectivity index is 1.40. The van der Waals surface area contributed by atoms with Crippen LogP contribution in [0.1, 0.15) is 44.5 Å². The van der Waals surface area contributed by atoms with Gasteiger partial charge in [0.25, 0.3) is 5.91 Å². The number of nitrogens with one attached hydrogen (secondary N) is 2. The Hall–Kier alpha value is -5.36. The van der Waals surface area contributed by atoms with Crippen LogP contribution in [-0.2, 0) is 0 Å². The van der Waals surface area contributed by atoms with E-state index in [2.05, 4.69) is 21.5 Å². The highest BCUT2D eigenvalue weighted by Gasteiger charge is 2.21. The fourth-order valence-corrected chi connectivity index (χ4v) is 4.22. The molecule has 0 aliphatic rings. The van der Waals surface area contributed by atoms with Crippen molar-refractivity contribution in [3.63, 3.8) is 0 Å². The molecular formula is C29H24N6O3. The molecule has 188 valence electrons. The number of nitriles is 1. The summed E-state index contributed by atoms with van der Waals surface area (Å²) in [6.45, 7) is 4.28. The Morgan fingerprint density at radius 3 is 2.68 bits per heavy atom. The molecule has 5 rings (SSSR count). The maximum atomic E-state index is 13.3. The molecule has 2 heterocycles. The first-order chi connectivity index (χ1) is 18.4. The third kappa shape index (κ3) is 4.58. The summed E-state index contributed by atoms with van der Waals surface area (Å²) in [4.78, 5) is 28.6. The number of nitrogens with two attached hydrogens (primary N) is 1. The number of anilines is 1. The molecule has 0 radical (unpaired) electrons. The number of hydrogen-bond donors (Lipinski definition) is 3. The smallest absolute Gasteiger partial charge is 0.251 e. The molecule has 0 saturated heterocycles. The van der Waals surface area contributed by atoms with Gasteiger partial charge in [-0.1, -0.05) is 6.07 Å². The molecule has 0 aliphatic carbocycles. The second-order valence-corrected chi connectivity index (χ2v) is 8.72. The standard InChI is InChI=1S/C29H24N6O3/c1-3-32-29(37)19-7-9-24-20(13-19)14-25(34-24)27(36)23-16-33-35(28(23)31)26-10-8-22(11-17(26)2)38-21-6-4-5-18(12-21)15-30/h4-14,16,34H,3,31H2,1-2H3,(H,32,37). The van der Waals surface area contributed by atoms with Crippen molar-refractivity contribution in [2.75, 3.05) is 12.3 Å². The first kappa shape index (κ1) is 24.3. The summed E-state index contributed by atoms with van der Waals surface area (Å²) in [6.07, 6.45) is 1.44. The molecule has 0 atom stereocenters. The molecule has 38 heavy (non-hydrogen) atoms. The second kappa shape index (κ2) is 9.95. The predicted octanol–water partition coefficient (Wildman–Crippen LogP) is 4.89. The fourth-order valence-electron chi connectivity index (χ4n) is 4.22. The first-order valence-electron chi connectivity index (χ1n) is 12.0. The van der Waals surface area contributed by atoms with E-state index in [-0.39, 0.29) is 23.1 Å². The normalized spacial score (nSPS) is 10.8. The van der Waals surface area contributed by atoms with Gasteiger partial charge in [0.15, 0.2) is 0 Å². The summed E-state index contributed by atoms with van der Waals surface area (Å²) in [5.41, 5.74) is 10.3. The van der Waals surface area contributed by atoms with Crippen LogP contribution in [0.4, 0.5) is 5.82 Å². The minimum atomic E-state index is -0.306. The quantitative estimate of drug-likeness (QED) is 0.270. The number of H-pyrrole nitrogens is 1. The van der Waals surface area contributed by atoms with E-state index in [0.29, 0.717) is 40.6 Å². The van der Waals surface area contributed by atoms with Crippen molar-refractivity contribution in [3.05, 3.63) is 101 Å². The lowest BCUT2D eigenvalue weighted by Crippen LogP contribution is -2.22. The number of aromatic nitrogens is 3. The van der Waals surface area contributed by atoms with Crippen molar-refractivity contribution >= 4 is 28.4 Å². The number of hydrogen-bond acceptors (Lipinski definition) is 6. The lowest BCUT2D eigenvalue weighted by molar-refractivity contribution is 0.0955. The van der Waals surface area contributed by atoms with E-state index in [0.717, 1.165) is 16.5 Å². The molecule has 4 N–H and O–H groups in total. The summed E-state index contributed by atoms with van der Waals surface area (Å²) in [5.74, 6) is 0.874. The van der Waals surface area contributed by atoms with E-state index in [9.17, 15) is 9.59 Å². The van der Waals surface area contributed by atoms with Gasteiger partial charge in [0, 0.05) is 23.0 Å². The number of aryl methyl sites for hydroxylation is 1. The highest BCUT2D eigenvalue weighted by molar-refractivity contribution is 6.13. The lowest BCUT2D eigenvalue weighted by atomic mass is 10.1. The van der Waals surface area contributed by atoms with Crippen LogP contribution in [0.15, 0.2) is 72.9 Å². The molecule has 0 saturated carbocycles. The number of nitrogens with zero attached hydrogens (tertiary/aromatic N) is 3. The Labute approximate surface area is 218 Å². The second-order valence-electron chi connectivity index (χ2n) is 8.72. The molecule has 9 nitrogen and oxygen atoms in total.